The van der Waals surface area contributed by atoms with Gasteiger partial charge in [-0.15, -0.1) is 0 Å². The lowest BCUT2D eigenvalue weighted by Crippen LogP contribution is -2.37. The molecule has 0 spiro atoms. The molecular weight excluding hydrogens is 224 g/mol. The molecule has 0 atom stereocenters. The first-order chi connectivity index (χ1) is 8.51. The summed E-state index contributed by atoms with van der Waals surface area (Å²) in [5, 5.41) is 1.71. The molecule has 0 amide bonds. The molecule has 0 unspecified atom stereocenters. The number of hydrogen-bond acceptors (Lipinski definition) is 4. The molecule has 0 aromatic rings. The van der Waals surface area contributed by atoms with E-state index in [1.807, 2.05) is 6.20 Å². The number of likely N-dealkylation sites (tertiary alicyclic amines) is 1. The van der Waals surface area contributed by atoms with Gasteiger partial charge >= 0.3 is 0 Å². The van der Waals surface area contributed by atoms with E-state index in [9.17, 15) is 0 Å². The fourth-order valence-electron chi connectivity index (χ4n) is 2.54. The van der Waals surface area contributed by atoms with Crippen molar-refractivity contribution in [2.24, 2.45) is 23.4 Å². The molecule has 1 aliphatic rings. The van der Waals surface area contributed by atoms with Gasteiger partial charge in [0.2, 0.25) is 0 Å². The zero-order valence-electron chi connectivity index (χ0n) is 12.2. The number of rotatable bonds is 6. The van der Waals surface area contributed by atoms with Gasteiger partial charge in [0.25, 0.3) is 0 Å². The van der Waals surface area contributed by atoms with Gasteiger partial charge in [-0.05, 0) is 37.8 Å². The highest BCUT2D eigenvalue weighted by molar-refractivity contribution is 4.98. The quantitative estimate of drug-likeness (QED) is 0.560. The monoisotopic (exact) mass is 254 g/mol. The number of nitrogens with two attached hydrogens (primary N) is 2. The van der Waals surface area contributed by atoms with E-state index in [0.717, 1.165) is 24.7 Å². The number of hydrazine groups is 1. The first-order valence-electron chi connectivity index (χ1n) is 7.21. The summed E-state index contributed by atoms with van der Waals surface area (Å²) >= 11 is 0. The zero-order valence-corrected chi connectivity index (χ0v) is 12.2. The van der Waals surface area contributed by atoms with Gasteiger partial charge in [0.1, 0.15) is 0 Å². The number of piperidine rings is 1. The predicted molar refractivity (Wildman–Crippen MR) is 77.5 cm³/mol. The van der Waals surface area contributed by atoms with Crippen LogP contribution in [0, 0.1) is 11.8 Å². The van der Waals surface area contributed by atoms with Gasteiger partial charge < -0.3 is 10.7 Å². The van der Waals surface area contributed by atoms with Gasteiger partial charge in [0.05, 0.1) is 0 Å². The van der Waals surface area contributed by atoms with Crippen LogP contribution in [0.3, 0.4) is 0 Å². The molecule has 1 heterocycles. The van der Waals surface area contributed by atoms with Gasteiger partial charge in [-0.2, -0.15) is 0 Å². The zero-order chi connectivity index (χ0) is 13.5. The minimum absolute atomic E-state index is 0.555. The summed E-state index contributed by atoms with van der Waals surface area (Å²) in [7, 11) is 0. The molecule has 4 nitrogen and oxygen atoms in total. The topological polar surface area (TPSA) is 58.5 Å². The van der Waals surface area contributed by atoms with Crippen molar-refractivity contribution in [3.05, 3.63) is 11.9 Å². The summed E-state index contributed by atoms with van der Waals surface area (Å²) in [6.07, 6.45) is 5.81. The Labute approximate surface area is 112 Å². The van der Waals surface area contributed by atoms with E-state index >= 15 is 0 Å². The summed E-state index contributed by atoms with van der Waals surface area (Å²) in [6.45, 7) is 10.6. The van der Waals surface area contributed by atoms with Gasteiger partial charge in [-0.1, -0.05) is 27.2 Å². The summed E-state index contributed by atoms with van der Waals surface area (Å²) in [6, 6.07) is 0. The van der Waals surface area contributed by atoms with E-state index < -0.39 is 0 Å². The molecule has 1 aliphatic heterocycles. The Morgan fingerprint density at radius 1 is 1.39 bits per heavy atom. The minimum Gasteiger partial charge on any atom is -0.400 e. The van der Waals surface area contributed by atoms with Crippen molar-refractivity contribution in [2.75, 3.05) is 26.2 Å². The van der Waals surface area contributed by atoms with Crippen LogP contribution < -0.4 is 11.6 Å². The van der Waals surface area contributed by atoms with E-state index in [2.05, 4.69) is 25.7 Å². The van der Waals surface area contributed by atoms with Crippen LogP contribution in [0.1, 0.15) is 40.0 Å². The molecular formula is C14H30N4. The predicted octanol–water partition coefficient (Wildman–Crippen LogP) is 1.74. The molecule has 106 valence electrons. The fourth-order valence-corrected chi connectivity index (χ4v) is 2.54. The van der Waals surface area contributed by atoms with E-state index in [4.69, 9.17) is 11.6 Å². The normalized spacial score (nSPS) is 19.5. The average molecular weight is 254 g/mol. The lowest BCUT2D eigenvalue weighted by Gasteiger charge is -2.31. The molecule has 0 saturated carbocycles. The van der Waals surface area contributed by atoms with Gasteiger partial charge in [-0.3, -0.25) is 4.90 Å². The number of hydrogen-bond donors (Lipinski definition) is 2. The molecule has 1 fully saturated rings. The molecule has 1 saturated heterocycles. The smallest absolute Gasteiger partial charge is 0.0400 e. The van der Waals surface area contributed by atoms with Crippen LogP contribution in [0.4, 0.5) is 0 Å². The Morgan fingerprint density at radius 3 is 2.50 bits per heavy atom. The highest BCUT2D eigenvalue weighted by Gasteiger charge is 2.17. The van der Waals surface area contributed by atoms with Crippen molar-refractivity contribution in [3.63, 3.8) is 0 Å². The first kappa shape index (κ1) is 15.3. The van der Waals surface area contributed by atoms with Crippen molar-refractivity contribution >= 4 is 0 Å². The lowest BCUT2D eigenvalue weighted by molar-refractivity contribution is 0.193. The van der Waals surface area contributed by atoms with E-state index in [-0.39, 0.29) is 0 Å². The number of nitrogens with zero attached hydrogens (tertiary/aromatic N) is 2. The minimum atomic E-state index is 0.555. The van der Waals surface area contributed by atoms with Crippen LogP contribution >= 0.6 is 0 Å². The van der Waals surface area contributed by atoms with Gasteiger partial charge in [0.15, 0.2) is 0 Å². The molecule has 18 heavy (non-hydrogen) atoms. The Morgan fingerprint density at radius 2 is 2.00 bits per heavy atom. The van der Waals surface area contributed by atoms with Crippen molar-refractivity contribution in [3.8, 4) is 0 Å². The van der Waals surface area contributed by atoms with E-state index in [1.54, 1.807) is 5.01 Å². The fraction of sp³-hybridized carbons (Fsp3) is 0.857. The van der Waals surface area contributed by atoms with Gasteiger partial charge in [0, 0.05) is 25.0 Å². The second-order valence-corrected chi connectivity index (χ2v) is 5.92. The van der Waals surface area contributed by atoms with Crippen LogP contribution in [0.25, 0.3) is 0 Å². The standard InChI is InChI=1S/C14H30N4/c1-4-13-5-7-17(8-6-13)10-14(15)11-18(16)9-12(2)3/h11-13H,4-10,15-16H2,1-3H3/b14-11-. The first-order valence-corrected chi connectivity index (χ1v) is 7.21. The maximum atomic E-state index is 6.05. The Hall–Kier alpha value is -0.740. The molecule has 1 rings (SSSR count). The maximum Gasteiger partial charge on any atom is 0.0400 e. The third-order valence-corrected chi connectivity index (χ3v) is 3.60. The summed E-state index contributed by atoms with van der Waals surface area (Å²) in [4.78, 5) is 2.43. The van der Waals surface area contributed by atoms with Crippen LogP contribution in [-0.2, 0) is 0 Å². The molecule has 0 aromatic carbocycles. The highest BCUT2D eigenvalue weighted by Crippen LogP contribution is 2.19. The van der Waals surface area contributed by atoms with Crippen LogP contribution in [0.5, 0.6) is 0 Å². The van der Waals surface area contributed by atoms with E-state index in [0.29, 0.717) is 5.92 Å². The Balaban J connectivity index is 2.31. The third kappa shape index (κ3) is 5.74. The van der Waals surface area contributed by atoms with Crippen molar-refractivity contribution < 1.29 is 0 Å². The largest absolute Gasteiger partial charge is 0.400 e. The van der Waals surface area contributed by atoms with Crippen molar-refractivity contribution in [1.82, 2.24) is 9.91 Å². The lowest BCUT2D eigenvalue weighted by atomic mass is 9.94. The summed E-state index contributed by atoms with van der Waals surface area (Å²) in [5.41, 5.74) is 6.91. The van der Waals surface area contributed by atoms with Crippen molar-refractivity contribution in [1.29, 1.82) is 0 Å². The summed E-state index contributed by atoms with van der Waals surface area (Å²) < 4.78 is 0. The van der Waals surface area contributed by atoms with Crippen LogP contribution in [-0.4, -0.2) is 36.1 Å². The summed E-state index contributed by atoms with van der Waals surface area (Å²) in [5.74, 6) is 7.35. The molecule has 4 N–H and O–H groups in total. The SMILES string of the molecule is CCC1CCN(C/C(N)=C/N(N)CC(C)C)CC1. The van der Waals surface area contributed by atoms with Gasteiger partial charge in [-0.25, -0.2) is 5.84 Å². The average Bonchev–Trinajstić information content (AvgIpc) is 2.28. The Bertz CT molecular complexity index is 255. The van der Waals surface area contributed by atoms with Crippen LogP contribution in [0.2, 0.25) is 0 Å². The maximum absolute atomic E-state index is 6.05. The molecule has 4 heteroatoms. The molecule has 0 bridgehead atoms. The molecule has 0 aromatic heterocycles. The highest BCUT2D eigenvalue weighted by atomic mass is 15.4. The van der Waals surface area contributed by atoms with Crippen LogP contribution in [0.15, 0.2) is 11.9 Å². The second-order valence-electron chi connectivity index (χ2n) is 5.92. The third-order valence-electron chi connectivity index (χ3n) is 3.60. The molecule has 0 radical (unpaired) electrons. The second kappa shape index (κ2) is 7.64. The molecule has 0 aliphatic carbocycles. The van der Waals surface area contributed by atoms with Crippen molar-refractivity contribution in [2.45, 2.75) is 40.0 Å². The Kier molecular flexibility index (Phi) is 6.50. The van der Waals surface area contributed by atoms with E-state index in [1.165, 1.54) is 32.4 Å².